The van der Waals surface area contributed by atoms with Crippen molar-refractivity contribution in [1.82, 2.24) is 9.78 Å². The van der Waals surface area contributed by atoms with Crippen LogP contribution in [0.5, 0.6) is 5.75 Å². The van der Waals surface area contributed by atoms with E-state index in [2.05, 4.69) is 10.4 Å². The molecule has 0 atom stereocenters. The number of ether oxygens (including phenoxy) is 1. The van der Waals surface area contributed by atoms with Crippen molar-refractivity contribution in [2.75, 3.05) is 11.9 Å². The first-order valence-electron chi connectivity index (χ1n) is 8.06. The molecule has 7 heteroatoms. The van der Waals surface area contributed by atoms with Crippen LogP contribution in [-0.4, -0.2) is 22.3 Å². The van der Waals surface area contributed by atoms with Crippen LogP contribution in [0, 0.1) is 5.82 Å². The fourth-order valence-electron chi connectivity index (χ4n) is 2.43. The van der Waals surface area contributed by atoms with Crippen molar-refractivity contribution in [3.63, 3.8) is 0 Å². The van der Waals surface area contributed by atoms with Crippen molar-refractivity contribution in [2.24, 2.45) is 0 Å². The van der Waals surface area contributed by atoms with Crippen molar-refractivity contribution in [1.29, 1.82) is 0 Å². The number of halogens is 2. The standard InChI is InChI=1S/C19H17ClFN3O2/c1-2-26-16-8-6-14(7-9-16)19(25)22-18-17(20)12-24(23-18)11-13-4-3-5-15(21)10-13/h3-10,12H,2,11H2,1H3,(H,22,23,25). The zero-order chi connectivity index (χ0) is 18.5. The Morgan fingerprint density at radius 2 is 2.04 bits per heavy atom. The smallest absolute Gasteiger partial charge is 0.256 e. The van der Waals surface area contributed by atoms with Crippen LogP contribution < -0.4 is 10.1 Å². The van der Waals surface area contributed by atoms with Crippen LogP contribution in [0.1, 0.15) is 22.8 Å². The van der Waals surface area contributed by atoms with E-state index in [1.165, 1.54) is 12.1 Å². The molecule has 0 radical (unpaired) electrons. The molecule has 0 spiro atoms. The van der Waals surface area contributed by atoms with Crippen LogP contribution >= 0.6 is 11.6 Å². The third kappa shape index (κ3) is 4.40. The second-order valence-corrected chi connectivity index (χ2v) is 5.97. The molecule has 26 heavy (non-hydrogen) atoms. The molecule has 1 amide bonds. The Labute approximate surface area is 155 Å². The normalized spacial score (nSPS) is 10.6. The summed E-state index contributed by atoms with van der Waals surface area (Å²) in [5, 5.41) is 7.24. The molecular formula is C19H17ClFN3O2. The number of carbonyl (C=O) groups is 1. The van der Waals surface area contributed by atoms with Crippen LogP contribution in [0.2, 0.25) is 5.02 Å². The van der Waals surface area contributed by atoms with Gasteiger partial charge in [-0.2, -0.15) is 5.10 Å². The summed E-state index contributed by atoms with van der Waals surface area (Å²) in [6.07, 6.45) is 1.58. The van der Waals surface area contributed by atoms with Crippen LogP contribution in [0.4, 0.5) is 10.2 Å². The summed E-state index contributed by atoms with van der Waals surface area (Å²) < 4.78 is 20.2. The Morgan fingerprint density at radius 3 is 2.73 bits per heavy atom. The number of rotatable bonds is 6. The van der Waals surface area contributed by atoms with Gasteiger partial charge in [0.2, 0.25) is 0 Å². The molecule has 1 N–H and O–H groups in total. The van der Waals surface area contributed by atoms with Gasteiger partial charge in [-0.15, -0.1) is 0 Å². The first-order chi connectivity index (χ1) is 12.5. The van der Waals surface area contributed by atoms with Crippen molar-refractivity contribution < 1.29 is 13.9 Å². The number of aromatic nitrogens is 2. The maximum Gasteiger partial charge on any atom is 0.256 e. The lowest BCUT2D eigenvalue weighted by molar-refractivity contribution is 0.102. The van der Waals surface area contributed by atoms with Gasteiger partial charge in [-0.1, -0.05) is 23.7 Å². The number of hydrogen-bond donors (Lipinski definition) is 1. The first kappa shape index (κ1) is 17.9. The highest BCUT2D eigenvalue weighted by Gasteiger charge is 2.13. The van der Waals surface area contributed by atoms with E-state index in [9.17, 15) is 9.18 Å². The number of benzene rings is 2. The van der Waals surface area contributed by atoms with Crippen molar-refractivity contribution >= 4 is 23.3 Å². The molecule has 5 nitrogen and oxygen atoms in total. The lowest BCUT2D eigenvalue weighted by atomic mass is 10.2. The summed E-state index contributed by atoms with van der Waals surface area (Å²) in [4.78, 5) is 12.3. The van der Waals surface area contributed by atoms with E-state index in [1.807, 2.05) is 6.92 Å². The number of carbonyl (C=O) groups excluding carboxylic acids is 1. The summed E-state index contributed by atoms with van der Waals surface area (Å²) >= 11 is 6.15. The van der Waals surface area contributed by atoms with E-state index in [0.717, 1.165) is 5.56 Å². The number of amides is 1. The Hall–Kier alpha value is -2.86. The maximum absolute atomic E-state index is 13.3. The highest BCUT2D eigenvalue weighted by atomic mass is 35.5. The Kier molecular flexibility index (Phi) is 5.53. The highest BCUT2D eigenvalue weighted by Crippen LogP contribution is 2.21. The molecule has 2 aromatic carbocycles. The van der Waals surface area contributed by atoms with Crippen molar-refractivity contribution in [2.45, 2.75) is 13.5 Å². The molecule has 0 saturated carbocycles. The summed E-state index contributed by atoms with van der Waals surface area (Å²) in [6.45, 7) is 2.79. The van der Waals surface area contributed by atoms with Crippen LogP contribution in [-0.2, 0) is 6.54 Å². The molecule has 3 aromatic rings. The van der Waals surface area contributed by atoms with E-state index >= 15 is 0 Å². The minimum atomic E-state index is -0.328. The van der Waals surface area contributed by atoms with E-state index in [4.69, 9.17) is 16.3 Å². The maximum atomic E-state index is 13.3. The third-order valence-electron chi connectivity index (χ3n) is 3.61. The summed E-state index contributed by atoms with van der Waals surface area (Å²) in [5.41, 5.74) is 1.21. The van der Waals surface area contributed by atoms with Gasteiger partial charge in [-0.25, -0.2) is 4.39 Å². The topological polar surface area (TPSA) is 56.1 Å². The van der Waals surface area contributed by atoms with Gasteiger partial charge in [0.25, 0.3) is 5.91 Å². The second kappa shape index (κ2) is 8.01. The minimum absolute atomic E-state index is 0.252. The van der Waals surface area contributed by atoms with Gasteiger partial charge >= 0.3 is 0 Å². The average molecular weight is 374 g/mol. The van der Waals surface area contributed by atoms with Crippen molar-refractivity contribution in [3.8, 4) is 5.75 Å². The quantitative estimate of drug-likeness (QED) is 0.697. The van der Waals surface area contributed by atoms with Gasteiger partial charge in [0, 0.05) is 11.8 Å². The van der Waals surface area contributed by atoms with E-state index in [-0.39, 0.29) is 17.5 Å². The molecule has 134 valence electrons. The van der Waals surface area contributed by atoms with Gasteiger partial charge in [0.05, 0.1) is 13.2 Å². The highest BCUT2D eigenvalue weighted by molar-refractivity contribution is 6.33. The fourth-order valence-corrected chi connectivity index (χ4v) is 2.63. The lowest BCUT2D eigenvalue weighted by Crippen LogP contribution is -2.13. The summed E-state index contributed by atoms with van der Waals surface area (Å²) in [6, 6.07) is 13.0. The van der Waals surface area contributed by atoms with Gasteiger partial charge in [-0.3, -0.25) is 9.48 Å². The monoisotopic (exact) mass is 373 g/mol. The third-order valence-corrected chi connectivity index (χ3v) is 3.89. The Morgan fingerprint density at radius 1 is 1.27 bits per heavy atom. The van der Waals surface area contributed by atoms with E-state index in [0.29, 0.717) is 29.5 Å². The predicted molar refractivity (Wildman–Crippen MR) is 98.3 cm³/mol. The van der Waals surface area contributed by atoms with Crippen LogP contribution in [0.3, 0.4) is 0 Å². The van der Waals surface area contributed by atoms with Crippen LogP contribution in [0.25, 0.3) is 0 Å². The number of nitrogens with zero attached hydrogens (tertiary/aromatic N) is 2. The zero-order valence-corrected chi connectivity index (χ0v) is 14.8. The molecule has 0 aliphatic rings. The lowest BCUT2D eigenvalue weighted by Gasteiger charge is -2.05. The molecule has 0 fully saturated rings. The predicted octanol–water partition coefficient (Wildman–Crippen LogP) is 4.37. The van der Waals surface area contributed by atoms with E-state index in [1.54, 1.807) is 47.3 Å². The van der Waals surface area contributed by atoms with Gasteiger partial charge in [-0.05, 0) is 48.9 Å². The molecule has 3 rings (SSSR count). The number of hydrogen-bond acceptors (Lipinski definition) is 3. The van der Waals surface area contributed by atoms with Gasteiger partial charge in [0.1, 0.15) is 16.6 Å². The average Bonchev–Trinajstić information content (AvgIpc) is 2.95. The van der Waals surface area contributed by atoms with E-state index < -0.39 is 0 Å². The second-order valence-electron chi connectivity index (χ2n) is 5.56. The first-order valence-corrected chi connectivity index (χ1v) is 8.44. The van der Waals surface area contributed by atoms with Gasteiger partial charge < -0.3 is 10.1 Å². The summed E-state index contributed by atoms with van der Waals surface area (Å²) in [7, 11) is 0. The number of nitrogens with one attached hydrogen (secondary N) is 1. The molecule has 0 unspecified atom stereocenters. The van der Waals surface area contributed by atoms with Crippen LogP contribution in [0.15, 0.2) is 54.7 Å². The summed E-state index contributed by atoms with van der Waals surface area (Å²) in [5.74, 6) is 0.305. The fraction of sp³-hybridized carbons (Fsp3) is 0.158. The number of anilines is 1. The molecule has 0 aliphatic carbocycles. The van der Waals surface area contributed by atoms with Crippen molar-refractivity contribution in [3.05, 3.63) is 76.7 Å². The largest absolute Gasteiger partial charge is 0.494 e. The molecule has 1 heterocycles. The zero-order valence-electron chi connectivity index (χ0n) is 14.1. The molecule has 0 saturated heterocycles. The Balaban J connectivity index is 1.69. The SMILES string of the molecule is CCOc1ccc(C(=O)Nc2nn(Cc3cccc(F)c3)cc2Cl)cc1. The minimum Gasteiger partial charge on any atom is -0.494 e. The molecule has 0 bridgehead atoms. The molecule has 0 aliphatic heterocycles. The molecular weight excluding hydrogens is 357 g/mol. The van der Waals surface area contributed by atoms with Gasteiger partial charge in [0.15, 0.2) is 5.82 Å². The Bertz CT molecular complexity index is 909. The molecule has 1 aromatic heterocycles.